The number of alkyl halides is 3. The van der Waals surface area contributed by atoms with Crippen molar-refractivity contribution in [1.82, 2.24) is 19.2 Å². The van der Waals surface area contributed by atoms with Crippen molar-refractivity contribution in [2.75, 3.05) is 50.0 Å². The monoisotopic (exact) mass is 562 g/mol. The van der Waals surface area contributed by atoms with Crippen LogP contribution in [0.25, 0.3) is 5.65 Å². The highest BCUT2D eigenvalue weighted by molar-refractivity contribution is 6.09. The molecular formula is C30H29F3N6O2. The number of nitrogens with zero attached hydrogens (tertiary/aromatic N) is 5. The molecule has 6 rings (SSSR count). The van der Waals surface area contributed by atoms with Crippen LogP contribution in [0.3, 0.4) is 0 Å². The van der Waals surface area contributed by atoms with Gasteiger partial charge in [0.25, 0.3) is 11.8 Å². The molecule has 2 aromatic carbocycles. The van der Waals surface area contributed by atoms with Gasteiger partial charge in [-0.3, -0.25) is 18.9 Å². The van der Waals surface area contributed by atoms with Crippen molar-refractivity contribution in [2.45, 2.75) is 19.1 Å². The number of imidazole rings is 1. The number of carbonyl (C=O) groups excluding carboxylic acids is 2. The lowest BCUT2D eigenvalue weighted by atomic mass is 10.1. The van der Waals surface area contributed by atoms with Gasteiger partial charge in [-0.05, 0) is 67.1 Å². The molecule has 4 heterocycles. The first-order valence-corrected chi connectivity index (χ1v) is 13.5. The minimum atomic E-state index is -4.55. The van der Waals surface area contributed by atoms with Crippen LogP contribution in [0.1, 0.15) is 37.5 Å². The van der Waals surface area contributed by atoms with Gasteiger partial charge in [-0.2, -0.15) is 13.2 Å². The fourth-order valence-electron chi connectivity index (χ4n) is 5.45. The van der Waals surface area contributed by atoms with E-state index in [1.165, 1.54) is 6.20 Å². The number of hydrogen-bond acceptors (Lipinski definition) is 5. The van der Waals surface area contributed by atoms with Crippen LogP contribution >= 0.6 is 0 Å². The molecule has 2 aliphatic heterocycles. The summed E-state index contributed by atoms with van der Waals surface area (Å²) in [6, 6.07) is 14.2. The van der Waals surface area contributed by atoms with Gasteiger partial charge in [0.05, 0.1) is 11.8 Å². The van der Waals surface area contributed by atoms with Crippen LogP contribution in [-0.4, -0.2) is 70.8 Å². The predicted octanol–water partition coefficient (Wildman–Crippen LogP) is 4.56. The van der Waals surface area contributed by atoms with Crippen LogP contribution in [0.2, 0.25) is 0 Å². The van der Waals surface area contributed by atoms with Gasteiger partial charge < -0.3 is 15.1 Å². The third kappa shape index (κ3) is 5.55. The number of likely N-dealkylation sites (N-methyl/N-ethyl adjacent to an activating group) is 1. The summed E-state index contributed by atoms with van der Waals surface area (Å²) < 4.78 is 42.9. The summed E-state index contributed by atoms with van der Waals surface area (Å²) in [6.07, 6.45) is -0.629. The summed E-state index contributed by atoms with van der Waals surface area (Å²) in [5.74, 6) is -0.793. The number of hydrogen-bond donors (Lipinski definition) is 1. The van der Waals surface area contributed by atoms with Crippen molar-refractivity contribution in [1.29, 1.82) is 0 Å². The summed E-state index contributed by atoms with van der Waals surface area (Å²) in [7, 11) is 2.02. The number of piperazine rings is 1. The molecule has 8 nitrogen and oxygen atoms in total. The highest BCUT2D eigenvalue weighted by Crippen LogP contribution is 2.34. The van der Waals surface area contributed by atoms with Gasteiger partial charge in [-0.25, -0.2) is 4.98 Å². The lowest BCUT2D eigenvalue weighted by Gasteiger charge is -2.32. The van der Waals surface area contributed by atoms with Gasteiger partial charge in [0, 0.05) is 62.4 Å². The van der Waals surface area contributed by atoms with Crippen LogP contribution in [0, 0.1) is 0 Å². The number of fused-ring (bicyclic) bond motifs is 2. The van der Waals surface area contributed by atoms with Gasteiger partial charge in [0.15, 0.2) is 0 Å². The van der Waals surface area contributed by atoms with E-state index in [9.17, 15) is 22.8 Å². The van der Waals surface area contributed by atoms with Gasteiger partial charge in [0.2, 0.25) is 0 Å². The van der Waals surface area contributed by atoms with E-state index in [4.69, 9.17) is 0 Å². The topological polar surface area (TPSA) is 73.2 Å². The first-order chi connectivity index (χ1) is 19.7. The normalized spacial score (nSPS) is 16.2. The van der Waals surface area contributed by atoms with Crippen molar-refractivity contribution in [3.63, 3.8) is 0 Å². The van der Waals surface area contributed by atoms with E-state index in [1.54, 1.807) is 39.8 Å². The molecule has 1 N–H and O–H groups in total. The predicted molar refractivity (Wildman–Crippen MR) is 149 cm³/mol. The van der Waals surface area contributed by atoms with Gasteiger partial charge >= 0.3 is 6.18 Å². The largest absolute Gasteiger partial charge is 0.416 e. The molecule has 1 saturated heterocycles. The number of amides is 2. The third-order valence-electron chi connectivity index (χ3n) is 7.70. The molecule has 0 spiro atoms. The Kier molecular flexibility index (Phi) is 7.00. The second-order valence-electron chi connectivity index (χ2n) is 10.6. The van der Waals surface area contributed by atoms with Crippen LogP contribution in [-0.2, 0) is 19.1 Å². The van der Waals surface area contributed by atoms with Crippen LogP contribution < -0.4 is 10.2 Å². The summed E-state index contributed by atoms with van der Waals surface area (Å²) >= 11 is 0. The zero-order chi connectivity index (χ0) is 28.7. The fourth-order valence-corrected chi connectivity index (χ4v) is 5.45. The highest BCUT2D eigenvalue weighted by atomic mass is 19.4. The van der Waals surface area contributed by atoms with E-state index in [-0.39, 0.29) is 17.2 Å². The molecule has 4 aromatic rings. The molecule has 0 bridgehead atoms. The van der Waals surface area contributed by atoms with E-state index in [1.807, 2.05) is 25.2 Å². The molecule has 1 fully saturated rings. The summed E-state index contributed by atoms with van der Waals surface area (Å²) in [5.41, 5.74) is 2.58. The lowest BCUT2D eigenvalue weighted by Crippen LogP contribution is -2.43. The number of benzene rings is 2. The molecule has 0 atom stereocenters. The SMILES string of the molecule is CN1CCN(Cc2cc(NC(=O)c3ccc4c(c3)N(C(=O)c3cnc5ccccn35)CC4)cc(C(F)(F)F)c2)CC1. The van der Waals surface area contributed by atoms with Crippen molar-refractivity contribution in [3.05, 3.63) is 94.9 Å². The molecule has 0 saturated carbocycles. The second kappa shape index (κ2) is 10.6. The Balaban J connectivity index is 1.24. The Morgan fingerprint density at radius 2 is 1.78 bits per heavy atom. The number of carbonyl (C=O) groups is 2. The van der Waals surface area contributed by atoms with Crippen molar-refractivity contribution < 1.29 is 22.8 Å². The highest BCUT2D eigenvalue weighted by Gasteiger charge is 2.32. The van der Waals surface area contributed by atoms with E-state index in [2.05, 4.69) is 20.1 Å². The number of halogens is 3. The lowest BCUT2D eigenvalue weighted by molar-refractivity contribution is -0.137. The number of rotatable bonds is 5. The molecule has 2 aromatic heterocycles. The Bertz CT molecular complexity index is 1620. The average Bonchev–Trinajstić information content (AvgIpc) is 3.57. The molecular weight excluding hydrogens is 533 g/mol. The smallest absolute Gasteiger partial charge is 0.322 e. The first-order valence-electron chi connectivity index (χ1n) is 13.5. The van der Waals surface area contributed by atoms with Crippen LogP contribution in [0.4, 0.5) is 24.5 Å². The zero-order valence-electron chi connectivity index (χ0n) is 22.5. The molecule has 11 heteroatoms. The van der Waals surface area contributed by atoms with Gasteiger partial charge in [0.1, 0.15) is 11.3 Å². The van der Waals surface area contributed by atoms with Crippen LogP contribution in [0.5, 0.6) is 0 Å². The van der Waals surface area contributed by atoms with E-state index in [0.717, 1.165) is 43.9 Å². The molecule has 0 unspecified atom stereocenters. The Hall–Kier alpha value is -4.22. The Labute approximate surface area is 235 Å². The number of nitrogens with one attached hydrogen (secondary N) is 1. The number of aromatic nitrogens is 2. The molecule has 2 aliphatic rings. The van der Waals surface area contributed by atoms with Gasteiger partial charge in [-0.15, -0.1) is 0 Å². The van der Waals surface area contributed by atoms with Crippen molar-refractivity contribution >= 4 is 28.8 Å². The minimum absolute atomic E-state index is 0.0770. The maximum Gasteiger partial charge on any atom is 0.416 e. The quantitative estimate of drug-likeness (QED) is 0.386. The van der Waals surface area contributed by atoms with Crippen molar-refractivity contribution in [2.24, 2.45) is 0 Å². The second-order valence-corrected chi connectivity index (χ2v) is 10.6. The first kappa shape index (κ1) is 27.0. The molecule has 212 valence electrons. The zero-order valence-corrected chi connectivity index (χ0v) is 22.5. The molecule has 0 aliphatic carbocycles. The van der Waals surface area contributed by atoms with E-state index < -0.39 is 17.6 Å². The molecule has 41 heavy (non-hydrogen) atoms. The van der Waals surface area contributed by atoms with E-state index in [0.29, 0.717) is 42.1 Å². The maximum absolute atomic E-state index is 13.7. The molecule has 2 amide bonds. The standard InChI is InChI=1S/C30H29F3N6O2/c1-36-10-12-37(13-11-36)19-20-14-23(30(31,32)33)17-24(15-20)35-28(40)22-6-5-21-7-9-39(25(21)16-22)29(41)26-18-34-27-4-2-3-8-38(26)27/h2-6,8,14-18H,7,9-13,19H2,1H3,(H,35,40). The summed E-state index contributed by atoms with van der Waals surface area (Å²) in [4.78, 5) is 36.9. The fraction of sp³-hybridized carbons (Fsp3) is 0.300. The number of pyridine rings is 1. The molecule has 0 radical (unpaired) electrons. The Morgan fingerprint density at radius 3 is 2.56 bits per heavy atom. The summed E-state index contributed by atoms with van der Waals surface area (Å²) in [6.45, 7) is 4.01. The van der Waals surface area contributed by atoms with Gasteiger partial charge in [-0.1, -0.05) is 12.1 Å². The number of anilines is 2. The van der Waals surface area contributed by atoms with Crippen molar-refractivity contribution in [3.8, 4) is 0 Å². The minimum Gasteiger partial charge on any atom is -0.322 e. The summed E-state index contributed by atoms with van der Waals surface area (Å²) in [5, 5.41) is 2.66. The van der Waals surface area contributed by atoms with Crippen LogP contribution in [0.15, 0.2) is 67.0 Å². The average molecular weight is 563 g/mol. The maximum atomic E-state index is 13.7. The third-order valence-corrected chi connectivity index (χ3v) is 7.70. The Morgan fingerprint density at radius 1 is 0.976 bits per heavy atom. The van der Waals surface area contributed by atoms with E-state index >= 15 is 0 Å².